The van der Waals surface area contributed by atoms with E-state index in [9.17, 15) is 9.59 Å². The van der Waals surface area contributed by atoms with E-state index in [0.29, 0.717) is 17.0 Å². The Kier molecular flexibility index (Phi) is 3.60. The van der Waals surface area contributed by atoms with Crippen LogP contribution in [0.3, 0.4) is 0 Å². The zero-order chi connectivity index (χ0) is 13.8. The summed E-state index contributed by atoms with van der Waals surface area (Å²) in [5, 5.41) is 10.1. The quantitative estimate of drug-likeness (QED) is 0.812. The molecule has 0 aromatic carbocycles. The largest absolute Gasteiger partial charge is 0.468 e. The van der Waals surface area contributed by atoms with E-state index < -0.39 is 5.97 Å². The lowest BCUT2D eigenvalue weighted by Gasteiger charge is -2.00. The Balaban J connectivity index is 2.02. The second kappa shape index (κ2) is 5.34. The maximum Gasteiger partial charge on any atom is 0.327 e. The van der Waals surface area contributed by atoms with Crippen molar-refractivity contribution in [1.82, 2.24) is 14.9 Å². The first-order valence-corrected chi connectivity index (χ1v) is 5.42. The number of ether oxygens (including phenoxy) is 1. The van der Waals surface area contributed by atoms with E-state index in [1.54, 1.807) is 6.92 Å². The molecule has 8 heteroatoms. The van der Waals surface area contributed by atoms with Crippen LogP contribution in [0.15, 0.2) is 23.1 Å². The van der Waals surface area contributed by atoms with Gasteiger partial charge in [0.1, 0.15) is 17.9 Å². The number of hydrogen-bond donors (Lipinski definition) is 1. The molecular weight excluding hydrogens is 252 g/mol. The van der Waals surface area contributed by atoms with Crippen molar-refractivity contribution in [1.29, 1.82) is 0 Å². The van der Waals surface area contributed by atoms with E-state index in [0.717, 1.165) is 0 Å². The number of aromatic nitrogens is 3. The molecule has 1 N–H and O–H groups in total. The van der Waals surface area contributed by atoms with Gasteiger partial charge in [-0.3, -0.25) is 14.3 Å². The molecule has 2 heterocycles. The van der Waals surface area contributed by atoms with Crippen molar-refractivity contribution in [2.45, 2.75) is 13.5 Å². The van der Waals surface area contributed by atoms with Crippen LogP contribution in [0.1, 0.15) is 16.1 Å². The van der Waals surface area contributed by atoms with Crippen LogP contribution in [-0.4, -0.2) is 33.9 Å². The number of carbonyl (C=O) groups excluding carboxylic acids is 2. The van der Waals surface area contributed by atoms with Gasteiger partial charge < -0.3 is 14.6 Å². The molecule has 100 valence electrons. The lowest BCUT2D eigenvalue weighted by molar-refractivity contribution is -0.141. The smallest absolute Gasteiger partial charge is 0.327 e. The van der Waals surface area contributed by atoms with Crippen LogP contribution in [0.4, 0.5) is 5.69 Å². The van der Waals surface area contributed by atoms with Gasteiger partial charge in [-0.15, -0.1) is 0 Å². The monoisotopic (exact) mass is 264 g/mol. The van der Waals surface area contributed by atoms with Crippen LogP contribution in [0.25, 0.3) is 0 Å². The number of methoxy groups -OCH3 is 1. The molecule has 0 bridgehead atoms. The predicted molar refractivity (Wildman–Crippen MR) is 63.4 cm³/mol. The third kappa shape index (κ3) is 2.97. The fraction of sp³-hybridized carbons (Fsp3) is 0.273. The van der Waals surface area contributed by atoms with Gasteiger partial charge in [0.05, 0.1) is 25.2 Å². The summed E-state index contributed by atoms with van der Waals surface area (Å²) in [4.78, 5) is 22.9. The third-order valence-electron chi connectivity index (χ3n) is 2.41. The minimum atomic E-state index is -0.421. The molecular formula is C11H12N4O4. The lowest BCUT2D eigenvalue weighted by atomic mass is 10.2. The maximum atomic E-state index is 11.8. The Bertz CT molecular complexity index is 601. The summed E-state index contributed by atoms with van der Waals surface area (Å²) < 4.78 is 10.7. The molecule has 0 saturated heterocycles. The van der Waals surface area contributed by atoms with Gasteiger partial charge >= 0.3 is 5.97 Å². The van der Waals surface area contributed by atoms with Crippen molar-refractivity contribution in [2.24, 2.45) is 0 Å². The Hall–Kier alpha value is -2.64. The summed E-state index contributed by atoms with van der Waals surface area (Å²) in [6.45, 7) is 1.63. The molecule has 0 unspecified atom stereocenters. The number of rotatable bonds is 4. The highest BCUT2D eigenvalue weighted by molar-refractivity contribution is 6.04. The van der Waals surface area contributed by atoms with E-state index in [1.165, 1.54) is 30.4 Å². The Morgan fingerprint density at radius 2 is 2.26 bits per heavy atom. The number of aryl methyl sites for hydroxylation is 1. The van der Waals surface area contributed by atoms with E-state index in [1.807, 2.05) is 0 Å². The molecule has 2 rings (SSSR count). The second-order valence-corrected chi connectivity index (χ2v) is 3.75. The van der Waals surface area contributed by atoms with Crippen molar-refractivity contribution in [2.75, 3.05) is 12.4 Å². The average molecular weight is 264 g/mol. The first kappa shape index (κ1) is 12.8. The fourth-order valence-corrected chi connectivity index (χ4v) is 1.43. The van der Waals surface area contributed by atoms with Crippen molar-refractivity contribution < 1.29 is 18.8 Å². The van der Waals surface area contributed by atoms with Crippen molar-refractivity contribution in [3.8, 4) is 0 Å². The van der Waals surface area contributed by atoms with Gasteiger partial charge in [-0.25, -0.2) is 0 Å². The van der Waals surface area contributed by atoms with Crippen molar-refractivity contribution >= 4 is 17.6 Å². The normalized spacial score (nSPS) is 10.2. The molecule has 19 heavy (non-hydrogen) atoms. The molecule has 2 aromatic rings. The SMILES string of the molecule is COC(=O)Cn1cc(NC(=O)c2cnoc2C)cn1. The first-order valence-electron chi connectivity index (χ1n) is 5.42. The molecule has 2 aromatic heterocycles. The summed E-state index contributed by atoms with van der Waals surface area (Å²) in [5.74, 6) is -0.341. The first-order chi connectivity index (χ1) is 9.10. The molecule has 0 aliphatic heterocycles. The lowest BCUT2D eigenvalue weighted by Crippen LogP contribution is -2.13. The second-order valence-electron chi connectivity index (χ2n) is 3.75. The van der Waals surface area contributed by atoms with Crippen molar-refractivity contribution in [3.05, 3.63) is 29.9 Å². The van der Waals surface area contributed by atoms with Crippen LogP contribution in [0.2, 0.25) is 0 Å². The van der Waals surface area contributed by atoms with E-state index in [4.69, 9.17) is 4.52 Å². The van der Waals surface area contributed by atoms with Gasteiger partial charge in [0.2, 0.25) is 0 Å². The topological polar surface area (TPSA) is 99.2 Å². The van der Waals surface area contributed by atoms with Gasteiger partial charge in [0.25, 0.3) is 5.91 Å². The fourth-order valence-electron chi connectivity index (χ4n) is 1.43. The molecule has 8 nitrogen and oxygen atoms in total. The molecule has 0 saturated carbocycles. The van der Waals surface area contributed by atoms with Crippen LogP contribution >= 0.6 is 0 Å². The molecule has 0 spiro atoms. The zero-order valence-electron chi connectivity index (χ0n) is 10.4. The maximum absolute atomic E-state index is 11.8. The van der Waals surface area contributed by atoms with Gasteiger partial charge in [-0.05, 0) is 6.92 Å². The van der Waals surface area contributed by atoms with Gasteiger partial charge in [-0.2, -0.15) is 5.10 Å². The van der Waals surface area contributed by atoms with Gasteiger partial charge in [-0.1, -0.05) is 5.16 Å². The minimum Gasteiger partial charge on any atom is -0.468 e. The highest BCUT2D eigenvalue weighted by Gasteiger charge is 2.14. The number of hydrogen-bond acceptors (Lipinski definition) is 6. The van der Waals surface area contributed by atoms with E-state index in [-0.39, 0.29) is 12.5 Å². The molecule has 0 aliphatic carbocycles. The summed E-state index contributed by atoms with van der Waals surface area (Å²) in [5.41, 5.74) is 0.815. The Morgan fingerprint density at radius 1 is 1.47 bits per heavy atom. The number of nitrogens with zero attached hydrogens (tertiary/aromatic N) is 3. The van der Waals surface area contributed by atoms with Crippen molar-refractivity contribution in [3.63, 3.8) is 0 Å². The zero-order valence-corrected chi connectivity index (χ0v) is 10.4. The van der Waals surface area contributed by atoms with Gasteiger partial charge in [0.15, 0.2) is 0 Å². The summed E-state index contributed by atoms with van der Waals surface area (Å²) >= 11 is 0. The number of anilines is 1. The number of carbonyl (C=O) groups is 2. The number of nitrogens with one attached hydrogen (secondary N) is 1. The molecule has 0 radical (unpaired) electrons. The minimum absolute atomic E-state index is 0.0152. The summed E-state index contributed by atoms with van der Waals surface area (Å²) in [7, 11) is 1.29. The molecule has 0 aliphatic rings. The summed E-state index contributed by atoms with van der Waals surface area (Å²) in [6.07, 6.45) is 4.30. The average Bonchev–Trinajstić information content (AvgIpc) is 2.98. The van der Waals surface area contributed by atoms with E-state index in [2.05, 4.69) is 20.3 Å². The predicted octanol–water partition coefficient (Wildman–Crippen LogP) is 0.605. The molecule has 0 atom stereocenters. The number of amides is 1. The van der Waals surface area contributed by atoms with Gasteiger partial charge in [0, 0.05) is 6.20 Å². The molecule has 1 amide bonds. The van der Waals surface area contributed by atoms with E-state index >= 15 is 0 Å². The Labute approximate surface area is 108 Å². The van der Waals surface area contributed by atoms with Crippen LogP contribution < -0.4 is 5.32 Å². The molecule has 0 fully saturated rings. The standard InChI is InChI=1S/C11H12N4O4/c1-7-9(4-13-19-7)11(17)14-8-3-12-15(5-8)6-10(16)18-2/h3-5H,6H2,1-2H3,(H,14,17). The van der Waals surface area contributed by atoms with Crippen LogP contribution in [0, 0.1) is 6.92 Å². The Morgan fingerprint density at radius 3 is 2.89 bits per heavy atom. The number of esters is 1. The van der Waals surface area contributed by atoms with Crippen LogP contribution in [0.5, 0.6) is 0 Å². The highest BCUT2D eigenvalue weighted by atomic mass is 16.5. The highest BCUT2D eigenvalue weighted by Crippen LogP contribution is 2.11. The third-order valence-corrected chi connectivity index (χ3v) is 2.41. The van der Waals surface area contributed by atoms with Crippen LogP contribution in [-0.2, 0) is 16.1 Å². The summed E-state index contributed by atoms with van der Waals surface area (Å²) in [6, 6.07) is 0.